The molecule has 1 aliphatic heterocycles. The largest absolute Gasteiger partial charge is 0.492 e. The zero-order valence-electron chi connectivity index (χ0n) is 15.6. The molecule has 1 N–H and O–H groups in total. The molecule has 0 aromatic heterocycles. The Morgan fingerprint density at radius 1 is 1.31 bits per heavy atom. The van der Waals surface area contributed by atoms with Gasteiger partial charge in [-0.2, -0.15) is 0 Å². The second-order valence-electron chi connectivity index (χ2n) is 5.93. The number of aliphatic imine (C=N–C) groups is 1. The monoisotopic (exact) mass is 475 g/mol. The Hall–Kier alpha value is -1.51. The molecule has 0 saturated carbocycles. The van der Waals surface area contributed by atoms with Crippen LogP contribution >= 0.6 is 24.0 Å². The van der Waals surface area contributed by atoms with E-state index in [0.717, 1.165) is 37.6 Å². The summed E-state index contributed by atoms with van der Waals surface area (Å²) in [4.78, 5) is 18.8. The summed E-state index contributed by atoms with van der Waals surface area (Å²) in [6.07, 6.45) is 1.85. The van der Waals surface area contributed by atoms with Crippen molar-refractivity contribution in [1.29, 1.82) is 0 Å². The number of hydrogen-bond donors (Lipinski definition) is 1. The number of esters is 1. The summed E-state index contributed by atoms with van der Waals surface area (Å²) in [5.41, 5.74) is 0. The van der Waals surface area contributed by atoms with E-state index >= 15 is 0 Å². The van der Waals surface area contributed by atoms with E-state index in [2.05, 4.69) is 15.2 Å². The Bertz CT molecular complexity index is 554. The van der Waals surface area contributed by atoms with Crippen LogP contribution in [0.3, 0.4) is 0 Å². The van der Waals surface area contributed by atoms with E-state index in [1.165, 1.54) is 0 Å². The number of benzene rings is 1. The predicted octanol–water partition coefficient (Wildman–Crippen LogP) is 2.92. The van der Waals surface area contributed by atoms with Crippen molar-refractivity contribution in [1.82, 2.24) is 10.2 Å². The molecule has 146 valence electrons. The van der Waals surface area contributed by atoms with Crippen LogP contribution in [0.1, 0.15) is 26.7 Å². The van der Waals surface area contributed by atoms with Crippen LogP contribution in [0.5, 0.6) is 5.75 Å². The Morgan fingerprint density at radius 2 is 2.08 bits per heavy atom. The Morgan fingerprint density at radius 3 is 2.77 bits per heavy atom. The highest BCUT2D eigenvalue weighted by molar-refractivity contribution is 14.0. The number of para-hydroxylation sites is 1. The van der Waals surface area contributed by atoms with Crippen molar-refractivity contribution >= 4 is 35.9 Å². The molecule has 1 fully saturated rings. The van der Waals surface area contributed by atoms with Crippen LogP contribution in [0.25, 0.3) is 0 Å². The van der Waals surface area contributed by atoms with Gasteiger partial charge in [-0.1, -0.05) is 18.2 Å². The van der Waals surface area contributed by atoms with Crippen LogP contribution in [0.15, 0.2) is 35.3 Å². The van der Waals surface area contributed by atoms with Crippen molar-refractivity contribution in [3.8, 4) is 5.75 Å². The van der Waals surface area contributed by atoms with E-state index in [-0.39, 0.29) is 35.9 Å². The third-order valence-electron chi connectivity index (χ3n) is 4.04. The summed E-state index contributed by atoms with van der Waals surface area (Å²) >= 11 is 0. The van der Waals surface area contributed by atoms with Gasteiger partial charge in [-0.25, -0.2) is 4.99 Å². The van der Waals surface area contributed by atoms with Gasteiger partial charge in [0, 0.05) is 19.6 Å². The van der Waals surface area contributed by atoms with E-state index in [1.54, 1.807) is 0 Å². The van der Waals surface area contributed by atoms with Gasteiger partial charge in [0.1, 0.15) is 12.4 Å². The lowest BCUT2D eigenvalue weighted by Crippen LogP contribution is -2.48. The molecule has 1 unspecified atom stereocenters. The molecule has 1 aromatic rings. The van der Waals surface area contributed by atoms with Crippen LogP contribution in [-0.2, 0) is 9.53 Å². The predicted molar refractivity (Wildman–Crippen MR) is 114 cm³/mol. The molecular formula is C19H30IN3O3. The maximum absolute atomic E-state index is 12.0. The number of piperidine rings is 1. The number of carbonyl (C=O) groups excluding carboxylic acids is 1. The van der Waals surface area contributed by atoms with Gasteiger partial charge in [-0.3, -0.25) is 4.79 Å². The number of nitrogens with zero attached hydrogens (tertiary/aromatic N) is 2. The minimum Gasteiger partial charge on any atom is -0.492 e. The molecule has 1 saturated heterocycles. The topological polar surface area (TPSA) is 63.2 Å². The second kappa shape index (κ2) is 12.8. The molecule has 0 amide bonds. The molecule has 2 rings (SSSR count). The third kappa shape index (κ3) is 7.39. The number of ether oxygens (including phenoxy) is 2. The van der Waals surface area contributed by atoms with Gasteiger partial charge < -0.3 is 19.7 Å². The number of rotatable bonds is 7. The van der Waals surface area contributed by atoms with Crippen molar-refractivity contribution in [2.24, 2.45) is 10.9 Å². The Labute approximate surface area is 173 Å². The van der Waals surface area contributed by atoms with Crippen molar-refractivity contribution in [3.05, 3.63) is 30.3 Å². The zero-order chi connectivity index (χ0) is 17.9. The average Bonchev–Trinajstić information content (AvgIpc) is 2.65. The van der Waals surface area contributed by atoms with Gasteiger partial charge in [0.25, 0.3) is 0 Å². The van der Waals surface area contributed by atoms with Crippen molar-refractivity contribution in [2.75, 3.05) is 39.4 Å². The van der Waals surface area contributed by atoms with Gasteiger partial charge in [0.2, 0.25) is 0 Å². The average molecular weight is 475 g/mol. The molecule has 1 aliphatic rings. The van der Waals surface area contributed by atoms with Crippen molar-refractivity contribution in [2.45, 2.75) is 26.7 Å². The number of nitrogens with one attached hydrogen (secondary N) is 1. The fraction of sp³-hybridized carbons (Fsp3) is 0.579. The lowest BCUT2D eigenvalue weighted by molar-refractivity contribution is -0.149. The smallest absolute Gasteiger partial charge is 0.310 e. The normalized spacial score (nSPS) is 17.2. The molecule has 0 aliphatic carbocycles. The molecule has 1 aromatic carbocycles. The molecule has 1 atom stereocenters. The maximum Gasteiger partial charge on any atom is 0.310 e. The standard InChI is InChI=1S/C19H29N3O3.HI/c1-3-20-19(21-12-14-25-17-10-6-5-7-11-17)22-13-8-9-16(15-22)18(23)24-4-2;/h5-7,10-11,16H,3-4,8-9,12-15H2,1-2H3,(H,20,21);1H. The molecule has 6 nitrogen and oxygen atoms in total. The first-order chi connectivity index (χ1) is 12.2. The summed E-state index contributed by atoms with van der Waals surface area (Å²) in [5.74, 6) is 1.52. The molecule has 0 radical (unpaired) electrons. The maximum atomic E-state index is 12.0. The first-order valence-electron chi connectivity index (χ1n) is 9.12. The number of hydrogen-bond acceptors (Lipinski definition) is 4. The van der Waals surface area contributed by atoms with Gasteiger partial charge in [0.05, 0.1) is 19.1 Å². The third-order valence-corrected chi connectivity index (χ3v) is 4.04. The summed E-state index contributed by atoms with van der Waals surface area (Å²) in [6, 6.07) is 9.73. The lowest BCUT2D eigenvalue weighted by atomic mass is 9.98. The van der Waals surface area contributed by atoms with E-state index < -0.39 is 0 Å². The van der Waals surface area contributed by atoms with Crippen LogP contribution in [0.2, 0.25) is 0 Å². The van der Waals surface area contributed by atoms with Crippen LogP contribution in [0, 0.1) is 5.92 Å². The number of carbonyl (C=O) groups is 1. The lowest BCUT2D eigenvalue weighted by Gasteiger charge is -2.34. The van der Waals surface area contributed by atoms with Crippen LogP contribution in [-0.4, -0.2) is 56.2 Å². The highest BCUT2D eigenvalue weighted by Crippen LogP contribution is 2.18. The van der Waals surface area contributed by atoms with Crippen molar-refractivity contribution < 1.29 is 14.3 Å². The van der Waals surface area contributed by atoms with E-state index in [1.807, 2.05) is 44.2 Å². The first kappa shape index (κ1) is 22.5. The quantitative estimate of drug-likeness (QED) is 0.216. The van der Waals surface area contributed by atoms with Gasteiger partial charge >= 0.3 is 5.97 Å². The Kier molecular flexibility index (Phi) is 11.1. The van der Waals surface area contributed by atoms with E-state index in [9.17, 15) is 4.79 Å². The minimum absolute atomic E-state index is 0. The van der Waals surface area contributed by atoms with Gasteiger partial charge in [-0.15, -0.1) is 24.0 Å². The highest BCUT2D eigenvalue weighted by Gasteiger charge is 2.28. The SMILES string of the molecule is CCNC(=NCCOc1ccccc1)N1CCCC(C(=O)OCC)C1.I. The summed E-state index contributed by atoms with van der Waals surface area (Å²) in [5, 5.41) is 3.31. The molecule has 0 bridgehead atoms. The highest BCUT2D eigenvalue weighted by atomic mass is 127. The van der Waals surface area contributed by atoms with Gasteiger partial charge in [0.15, 0.2) is 5.96 Å². The second-order valence-corrected chi connectivity index (χ2v) is 5.93. The Balaban J connectivity index is 0.00000338. The zero-order valence-corrected chi connectivity index (χ0v) is 18.0. The van der Waals surface area contributed by atoms with Crippen molar-refractivity contribution in [3.63, 3.8) is 0 Å². The fourth-order valence-corrected chi connectivity index (χ4v) is 2.88. The summed E-state index contributed by atoms with van der Waals surface area (Å²) < 4.78 is 10.9. The molecule has 1 heterocycles. The molecule has 26 heavy (non-hydrogen) atoms. The first-order valence-corrected chi connectivity index (χ1v) is 9.12. The molecule has 7 heteroatoms. The number of guanidine groups is 1. The number of likely N-dealkylation sites (tertiary alicyclic amines) is 1. The summed E-state index contributed by atoms with van der Waals surface area (Å²) in [6.45, 7) is 7.76. The minimum atomic E-state index is -0.101. The number of halogens is 1. The molecular weight excluding hydrogens is 445 g/mol. The van der Waals surface area contributed by atoms with Gasteiger partial charge in [-0.05, 0) is 38.8 Å². The molecule has 0 spiro atoms. The van der Waals surface area contributed by atoms with Crippen LogP contribution in [0.4, 0.5) is 0 Å². The van der Waals surface area contributed by atoms with E-state index in [0.29, 0.717) is 26.3 Å². The van der Waals surface area contributed by atoms with E-state index in [4.69, 9.17) is 9.47 Å². The summed E-state index contributed by atoms with van der Waals surface area (Å²) in [7, 11) is 0. The fourth-order valence-electron chi connectivity index (χ4n) is 2.88. The van der Waals surface area contributed by atoms with Crippen LogP contribution < -0.4 is 10.1 Å².